The number of carbonyl (C=O) groups is 1. The second-order valence-corrected chi connectivity index (χ2v) is 4.46. The van der Waals surface area contributed by atoms with Gasteiger partial charge >= 0.3 is 5.97 Å². The number of hydrogen-bond acceptors (Lipinski definition) is 4. The van der Waals surface area contributed by atoms with Crippen molar-refractivity contribution in [3.63, 3.8) is 0 Å². The van der Waals surface area contributed by atoms with Gasteiger partial charge in [-0.15, -0.1) is 0 Å². The molecule has 0 atom stereocenters. The Morgan fingerprint density at radius 3 is 1.75 bits per heavy atom. The molecule has 0 fully saturated rings. The second kappa shape index (κ2) is 5.97. The first-order chi connectivity index (χ1) is 9.56. The van der Waals surface area contributed by atoms with Crippen LogP contribution in [0.15, 0.2) is 58.8 Å². The van der Waals surface area contributed by atoms with E-state index in [2.05, 4.69) is 10.2 Å². The molecule has 0 aromatic heterocycles. The normalized spacial score (nSPS) is 10.7. The number of benzene rings is 2. The smallest absolute Gasteiger partial charge is 0.335 e. The predicted molar refractivity (Wildman–Crippen MR) is 78.3 cm³/mol. The highest BCUT2D eigenvalue weighted by molar-refractivity contribution is 5.87. The predicted octanol–water partition coefficient (Wildman–Crippen LogP) is 3.87. The number of azo groups is 1. The minimum atomic E-state index is -0.951. The summed E-state index contributed by atoms with van der Waals surface area (Å²) in [6, 6.07) is 13.9. The van der Waals surface area contributed by atoms with E-state index in [0.29, 0.717) is 5.69 Å². The van der Waals surface area contributed by atoms with E-state index < -0.39 is 5.97 Å². The lowest BCUT2D eigenvalue weighted by Gasteiger charge is -2.11. The number of carboxylic acids is 1. The molecule has 0 aliphatic rings. The summed E-state index contributed by atoms with van der Waals surface area (Å²) in [5.41, 5.74) is 2.69. The van der Waals surface area contributed by atoms with Crippen molar-refractivity contribution in [3.05, 3.63) is 54.1 Å². The molecule has 0 saturated heterocycles. The molecule has 2 rings (SSSR count). The van der Waals surface area contributed by atoms with Crippen molar-refractivity contribution in [2.24, 2.45) is 10.2 Å². The van der Waals surface area contributed by atoms with E-state index in [1.54, 1.807) is 12.1 Å². The fraction of sp³-hybridized carbons (Fsp3) is 0.133. The van der Waals surface area contributed by atoms with Crippen LogP contribution in [-0.4, -0.2) is 25.2 Å². The van der Waals surface area contributed by atoms with Crippen molar-refractivity contribution in [1.29, 1.82) is 0 Å². The molecule has 20 heavy (non-hydrogen) atoms. The maximum Gasteiger partial charge on any atom is 0.335 e. The third kappa shape index (κ3) is 3.41. The molecule has 1 N–H and O–H groups in total. The van der Waals surface area contributed by atoms with Crippen LogP contribution in [0.4, 0.5) is 17.1 Å². The molecule has 2 aromatic carbocycles. The SMILES string of the molecule is CN(C)c1ccc(/N=N/c2ccc(C(=O)O)cc2)cc1. The zero-order valence-corrected chi connectivity index (χ0v) is 11.3. The molecule has 102 valence electrons. The Labute approximate surface area is 117 Å². The van der Waals surface area contributed by atoms with Crippen LogP contribution in [0.3, 0.4) is 0 Å². The van der Waals surface area contributed by atoms with Crippen LogP contribution in [0.25, 0.3) is 0 Å². The number of carboxylic acid groups (broad SMARTS) is 1. The van der Waals surface area contributed by atoms with Gasteiger partial charge in [-0.2, -0.15) is 10.2 Å². The topological polar surface area (TPSA) is 65.3 Å². The Morgan fingerprint density at radius 1 is 0.900 bits per heavy atom. The van der Waals surface area contributed by atoms with Crippen molar-refractivity contribution >= 4 is 23.0 Å². The van der Waals surface area contributed by atoms with Gasteiger partial charge in [-0.1, -0.05) is 0 Å². The van der Waals surface area contributed by atoms with Crippen LogP contribution >= 0.6 is 0 Å². The molecule has 0 heterocycles. The van der Waals surface area contributed by atoms with E-state index in [0.717, 1.165) is 11.4 Å². The van der Waals surface area contributed by atoms with E-state index in [1.807, 2.05) is 43.3 Å². The third-order valence-corrected chi connectivity index (χ3v) is 2.76. The van der Waals surface area contributed by atoms with Crippen LogP contribution in [0.2, 0.25) is 0 Å². The molecule has 0 saturated carbocycles. The molecule has 0 spiro atoms. The van der Waals surface area contributed by atoms with Gasteiger partial charge in [0.25, 0.3) is 0 Å². The Hall–Kier alpha value is -2.69. The molecular formula is C15H15N3O2. The van der Waals surface area contributed by atoms with Gasteiger partial charge in [0.1, 0.15) is 0 Å². The molecule has 0 unspecified atom stereocenters. The van der Waals surface area contributed by atoms with Crippen LogP contribution in [0.1, 0.15) is 10.4 Å². The largest absolute Gasteiger partial charge is 0.478 e. The lowest BCUT2D eigenvalue weighted by atomic mass is 10.2. The number of hydrogen-bond donors (Lipinski definition) is 1. The quantitative estimate of drug-likeness (QED) is 0.857. The monoisotopic (exact) mass is 269 g/mol. The highest BCUT2D eigenvalue weighted by atomic mass is 16.4. The number of aromatic carboxylic acids is 1. The molecule has 0 bridgehead atoms. The van der Waals surface area contributed by atoms with Gasteiger partial charge in [-0.05, 0) is 48.5 Å². The van der Waals surface area contributed by atoms with Crippen molar-refractivity contribution < 1.29 is 9.90 Å². The molecule has 0 amide bonds. The molecule has 0 aliphatic heterocycles. The van der Waals surface area contributed by atoms with E-state index in [1.165, 1.54) is 12.1 Å². The van der Waals surface area contributed by atoms with E-state index in [9.17, 15) is 4.79 Å². The van der Waals surface area contributed by atoms with Gasteiger partial charge < -0.3 is 10.0 Å². The summed E-state index contributed by atoms with van der Waals surface area (Å²) >= 11 is 0. The Kier molecular flexibility index (Phi) is 4.10. The summed E-state index contributed by atoms with van der Waals surface area (Å²) < 4.78 is 0. The van der Waals surface area contributed by atoms with Crippen LogP contribution < -0.4 is 4.90 Å². The molecule has 5 nitrogen and oxygen atoms in total. The van der Waals surface area contributed by atoms with E-state index in [4.69, 9.17) is 5.11 Å². The highest BCUT2D eigenvalue weighted by Gasteiger charge is 2.01. The number of nitrogens with zero attached hydrogens (tertiary/aromatic N) is 3. The van der Waals surface area contributed by atoms with Gasteiger partial charge in [-0.3, -0.25) is 0 Å². The minimum Gasteiger partial charge on any atom is -0.478 e. The lowest BCUT2D eigenvalue weighted by Crippen LogP contribution is -2.07. The lowest BCUT2D eigenvalue weighted by molar-refractivity contribution is 0.0697. The zero-order chi connectivity index (χ0) is 14.5. The Bertz CT molecular complexity index is 617. The maximum atomic E-state index is 10.7. The fourth-order valence-corrected chi connectivity index (χ4v) is 1.60. The zero-order valence-electron chi connectivity index (χ0n) is 11.3. The molecule has 0 aliphatic carbocycles. The van der Waals surface area contributed by atoms with Crippen molar-refractivity contribution in [2.45, 2.75) is 0 Å². The first-order valence-electron chi connectivity index (χ1n) is 6.09. The van der Waals surface area contributed by atoms with Crippen LogP contribution in [-0.2, 0) is 0 Å². The highest BCUT2D eigenvalue weighted by Crippen LogP contribution is 2.21. The maximum absolute atomic E-state index is 10.7. The molecule has 0 radical (unpaired) electrons. The Morgan fingerprint density at radius 2 is 1.35 bits per heavy atom. The van der Waals surface area contributed by atoms with Gasteiger partial charge in [0, 0.05) is 19.8 Å². The first kappa shape index (κ1) is 13.7. The summed E-state index contributed by atoms with van der Waals surface area (Å²) in [6.45, 7) is 0. The average molecular weight is 269 g/mol. The second-order valence-electron chi connectivity index (χ2n) is 4.46. The van der Waals surface area contributed by atoms with Gasteiger partial charge in [0.05, 0.1) is 16.9 Å². The van der Waals surface area contributed by atoms with Crippen molar-refractivity contribution in [1.82, 2.24) is 0 Å². The van der Waals surface area contributed by atoms with Crippen molar-refractivity contribution in [3.8, 4) is 0 Å². The summed E-state index contributed by atoms with van der Waals surface area (Å²) in [5, 5.41) is 17.0. The van der Waals surface area contributed by atoms with Gasteiger partial charge in [0.15, 0.2) is 0 Å². The van der Waals surface area contributed by atoms with Crippen molar-refractivity contribution in [2.75, 3.05) is 19.0 Å². The molecular weight excluding hydrogens is 254 g/mol. The number of anilines is 1. The summed E-state index contributed by atoms with van der Waals surface area (Å²) in [5.74, 6) is -0.951. The minimum absolute atomic E-state index is 0.235. The Balaban J connectivity index is 2.10. The van der Waals surface area contributed by atoms with Gasteiger partial charge in [-0.25, -0.2) is 4.79 Å². The standard InChI is InChI=1S/C15H15N3O2/c1-18(2)14-9-7-13(8-10-14)17-16-12-5-3-11(4-6-12)15(19)20/h3-10H,1-2H3,(H,19,20)/b17-16+. The fourth-order valence-electron chi connectivity index (χ4n) is 1.60. The molecule has 2 aromatic rings. The summed E-state index contributed by atoms with van der Waals surface area (Å²) in [7, 11) is 3.95. The summed E-state index contributed by atoms with van der Waals surface area (Å²) in [4.78, 5) is 12.7. The summed E-state index contributed by atoms with van der Waals surface area (Å²) in [6.07, 6.45) is 0. The van der Waals surface area contributed by atoms with Gasteiger partial charge in [0.2, 0.25) is 0 Å². The van der Waals surface area contributed by atoms with Crippen LogP contribution in [0, 0.1) is 0 Å². The molecule has 5 heteroatoms. The average Bonchev–Trinajstić information content (AvgIpc) is 2.46. The van der Waals surface area contributed by atoms with E-state index >= 15 is 0 Å². The van der Waals surface area contributed by atoms with E-state index in [-0.39, 0.29) is 5.56 Å². The number of rotatable bonds is 4. The third-order valence-electron chi connectivity index (χ3n) is 2.76. The first-order valence-corrected chi connectivity index (χ1v) is 6.09. The van der Waals surface area contributed by atoms with Crippen LogP contribution in [0.5, 0.6) is 0 Å².